The Balaban J connectivity index is 1.19. The Bertz CT molecular complexity index is 1260. The molecule has 0 atom stereocenters. The first kappa shape index (κ1) is 21.8. The molecule has 1 aliphatic rings. The predicted octanol–water partition coefficient (Wildman–Crippen LogP) is 5.59. The Morgan fingerprint density at radius 3 is 2.31 bits per heavy atom. The zero-order valence-electron chi connectivity index (χ0n) is 18.3. The minimum atomic E-state index is 0.541. The van der Waals surface area contributed by atoms with E-state index in [1.807, 2.05) is 17.4 Å². The average molecular weight is 484 g/mol. The van der Waals surface area contributed by atoms with Crippen molar-refractivity contribution in [2.24, 2.45) is 0 Å². The topological polar surface area (TPSA) is 58.3 Å². The number of benzene rings is 1. The van der Waals surface area contributed by atoms with E-state index in [4.69, 9.17) is 17.3 Å². The highest BCUT2D eigenvalue weighted by Crippen LogP contribution is 2.41. The van der Waals surface area contributed by atoms with E-state index >= 15 is 0 Å². The van der Waals surface area contributed by atoms with E-state index in [9.17, 15) is 0 Å². The van der Waals surface area contributed by atoms with Gasteiger partial charge in [0.15, 0.2) is 0 Å². The van der Waals surface area contributed by atoms with Gasteiger partial charge in [0.05, 0.1) is 9.85 Å². The van der Waals surface area contributed by atoms with Crippen LogP contribution >= 0.6 is 34.3 Å². The Labute approximate surface area is 201 Å². The molecule has 1 aromatic carbocycles. The van der Waals surface area contributed by atoms with Crippen molar-refractivity contribution in [2.45, 2.75) is 26.9 Å². The van der Waals surface area contributed by atoms with Gasteiger partial charge in [0.25, 0.3) is 0 Å². The van der Waals surface area contributed by atoms with Gasteiger partial charge in [0.2, 0.25) is 0 Å². The maximum absolute atomic E-state index is 6.24. The lowest BCUT2D eigenvalue weighted by Crippen LogP contribution is -2.45. The molecular formula is C24H26ClN5S2. The second-order valence-electron chi connectivity index (χ2n) is 8.45. The van der Waals surface area contributed by atoms with Crippen LogP contribution in [-0.2, 0) is 13.1 Å². The summed E-state index contributed by atoms with van der Waals surface area (Å²) in [6, 6.07) is 10.7. The number of nitrogens with zero attached hydrogens (tertiary/aromatic N) is 4. The van der Waals surface area contributed by atoms with Crippen LogP contribution < -0.4 is 5.73 Å². The standard InChI is InChI=1S/C24H26ClN5S2/c1-15-9-18(31-22(15)23-16(2)10-21(25)32-23)13-30-7-5-29(6-8-30)12-17-3-4-19-20(11-17)27-14-28-24(19)26/h3-4,9-11,14H,5-8,12-13H2,1-2H3,(H2,26,27,28). The van der Waals surface area contributed by atoms with Crippen LogP contribution in [-0.4, -0.2) is 45.9 Å². The molecule has 5 nitrogen and oxygen atoms in total. The fourth-order valence-corrected chi connectivity index (χ4v) is 7.09. The molecule has 4 aromatic rings. The Morgan fingerprint density at radius 2 is 1.59 bits per heavy atom. The number of aryl methyl sites for hydroxylation is 2. The van der Waals surface area contributed by atoms with Crippen molar-refractivity contribution in [1.29, 1.82) is 0 Å². The van der Waals surface area contributed by atoms with Crippen LogP contribution in [0.25, 0.3) is 20.7 Å². The van der Waals surface area contributed by atoms with Crippen molar-refractivity contribution in [3.8, 4) is 9.75 Å². The molecular weight excluding hydrogens is 458 g/mol. The molecule has 1 aliphatic heterocycles. The number of hydrogen-bond acceptors (Lipinski definition) is 7. The molecule has 0 spiro atoms. The van der Waals surface area contributed by atoms with Gasteiger partial charge in [0.1, 0.15) is 12.1 Å². The van der Waals surface area contributed by atoms with Gasteiger partial charge < -0.3 is 5.73 Å². The van der Waals surface area contributed by atoms with E-state index in [1.165, 1.54) is 37.6 Å². The normalized spacial score (nSPS) is 15.6. The predicted molar refractivity (Wildman–Crippen MR) is 137 cm³/mol. The summed E-state index contributed by atoms with van der Waals surface area (Å²) in [5.41, 5.74) is 10.8. The van der Waals surface area contributed by atoms with Gasteiger partial charge >= 0.3 is 0 Å². The van der Waals surface area contributed by atoms with Gasteiger partial charge in [-0.3, -0.25) is 9.80 Å². The first-order chi connectivity index (χ1) is 15.5. The third-order valence-electron chi connectivity index (χ3n) is 6.05. The van der Waals surface area contributed by atoms with E-state index in [1.54, 1.807) is 11.3 Å². The zero-order valence-corrected chi connectivity index (χ0v) is 20.7. The summed E-state index contributed by atoms with van der Waals surface area (Å²) >= 11 is 9.83. The minimum Gasteiger partial charge on any atom is -0.383 e. The van der Waals surface area contributed by atoms with E-state index in [0.29, 0.717) is 5.82 Å². The highest BCUT2D eigenvalue weighted by molar-refractivity contribution is 7.24. The summed E-state index contributed by atoms with van der Waals surface area (Å²) in [6.45, 7) is 10.6. The van der Waals surface area contributed by atoms with Crippen LogP contribution in [0.5, 0.6) is 0 Å². The first-order valence-electron chi connectivity index (χ1n) is 10.8. The highest BCUT2D eigenvalue weighted by atomic mass is 35.5. The van der Waals surface area contributed by atoms with Crippen molar-refractivity contribution in [1.82, 2.24) is 19.8 Å². The largest absolute Gasteiger partial charge is 0.383 e. The molecule has 0 saturated carbocycles. The number of nitrogen functional groups attached to an aromatic ring is 1. The molecule has 0 aliphatic carbocycles. The molecule has 3 aromatic heterocycles. The summed E-state index contributed by atoms with van der Waals surface area (Å²) in [6.07, 6.45) is 1.53. The lowest BCUT2D eigenvalue weighted by atomic mass is 10.1. The minimum absolute atomic E-state index is 0.541. The Kier molecular flexibility index (Phi) is 6.18. The molecule has 2 N–H and O–H groups in total. The van der Waals surface area contributed by atoms with Crippen molar-refractivity contribution >= 4 is 51.0 Å². The second kappa shape index (κ2) is 9.08. The van der Waals surface area contributed by atoms with Crippen molar-refractivity contribution in [3.05, 3.63) is 62.6 Å². The van der Waals surface area contributed by atoms with Crippen molar-refractivity contribution < 1.29 is 0 Å². The molecule has 4 heterocycles. The smallest absolute Gasteiger partial charge is 0.134 e. The number of rotatable bonds is 5. The average Bonchev–Trinajstić information content (AvgIpc) is 3.29. The van der Waals surface area contributed by atoms with E-state index in [-0.39, 0.29) is 0 Å². The van der Waals surface area contributed by atoms with Gasteiger partial charge in [-0.2, -0.15) is 0 Å². The fourth-order valence-electron chi connectivity index (χ4n) is 4.33. The molecule has 0 unspecified atom stereocenters. The number of halogens is 1. The molecule has 0 bridgehead atoms. The van der Waals surface area contributed by atoms with Gasteiger partial charge in [-0.05, 0) is 54.8 Å². The maximum atomic E-state index is 6.24. The molecule has 5 rings (SSSR count). The summed E-state index contributed by atoms with van der Waals surface area (Å²) in [5, 5.41) is 0.923. The maximum Gasteiger partial charge on any atom is 0.134 e. The third-order valence-corrected chi connectivity index (χ3v) is 8.80. The summed E-state index contributed by atoms with van der Waals surface area (Å²) in [5.74, 6) is 0.541. The van der Waals surface area contributed by atoms with Crippen LogP contribution in [0.2, 0.25) is 4.34 Å². The van der Waals surface area contributed by atoms with E-state index < -0.39 is 0 Å². The number of hydrogen-bond donors (Lipinski definition) is 1. The summed E-state index contributed by atoms with van der Waals surface area (Å²) < 4.78 is 0.866. The van der Waals surface area contributed by atoms with Gasteiger partial charge in [-0.15, -0.1) is 22.7 Å². The number of nitrogens with two attached hydrogens (primary N) is 1. The highest BCUT2D eigenvalue weighted by Gasteiger charge is 2.20. The molecule has 1 fully saturated rings. The molecule has 166 valence electrons. The lowest BCUT2D eigenvalue weighted by molar-refractivity contribution is 0.123. The lowest BCUT2D eigenvalue weighted by Gasteiger charge is -2.34. The molecule has 32 heavy (non-hydrogen) atoms. The van der Waals surface area contributed by atoms with Crippen LogP contribution in [0.1, 0.15) is 21.6 Å². The number of anilines is 1. The first-order valence-corrected chi connectivity index (χ1v) is 12.8. The van der Waals surface area contributed by atoms with Gasteiger partial charge in [0, 0.05) is 59.3 Å². The van der Waals surface area contributed by atoms with E-state index in [2.05, 4.69) is 57.9 Å². The van der Waals surface area contributed by atoms with Gasteiger partial charge in [-0.1, -0.05) is 17.7 Å². The number of thiophene rings is 2. The number of aromatic nitrogens is 2. The molecule has 0 radical (unpaired) electrons. The molecule has 1 saturated heterocycles. The third kappa shape index (κ3) is 4.54. The van der Waals surface area contributed by atoms with Crippen LogP contribution in [0.15, 0.2) is 36.7 Å². The van der Waals surface area contributed by atoms with E-state index in [0.717, 1.165) is 54.5 Å². The SMILES string of the molecule is Cc1cc(Cl)sc1-c1sc(CN2CCN(Cc3ccc4c(N)ncnc4c3)CC2)cc1C. The fraction of sp³-hybridized carbons (Fsp3) is 0.333. The van der Waals surface area contributed by atoms with Gasteiger partial charge in [-0.25, -0.2) is 9.97 Å². The number of fused-ring (bicyclic) bond motifs is 1. The van der Waals surface area contributed by atoms with Crippen molar-refractivity contribution in [3.63, 3.8) is 0 Å². The van der Waals surface area contributed by atoms with Crippen molar-refractivity contribution in [2.75, 3.05) is 31.9 Å². The monoisotopic (exact) mass is 483 g/mol. The second-order valence-corrected chi connectivity index (χ2v) is 11.3. The Hall–Kier alpha value is -2.03. The molecule has 8 heteroatoms. The Morgan fingerprint density at radius 1 is 0.906 bits per heavy atom. The van der Waals surface area contributed by atoms with Crippen LogP contribution in [0.4, 0.5) is 5.82 Å². The van der Waals surface area contributed by atoms with Crippen LogP contribution in [0.3, 0.4) is 0 Å². The summed E-state index contributed by atoms with van der Waals surface area (Å²) in [7, 11) is 0. The number of piperazine rings is 1. The molecule has 0 amide bonds. The summed E-state index contributed by atoms with van der Waals surface area (Å²) in [4.78, 5) is 17.6. The zero-order chi connectivity index (χ0) is 22.2. The van der Waals surface area contributed by atoms with Crippen LogP contribution in [0, 0.1) is 13.8 Å². The quantitative estimate of drug-likeness (QED) is 0.401.